The van der Waals surface area contributed by atoms with Gasteiger partial charge in [0.05, 0.1) is 12.5 Å². The van der Waals surface area contributed by atoms with Crippen LogP contribution in [-0.2, 0) is 20.8 Å². The van der Waals surface area contributed by atoms with Gasteiger partial charge in [-0.15, -0.1) is 0 Å². The van der Waals surface area contributed by atoms with Gasteiger partial charge >= 0.3 is 0 Å². The molecule has 26 heavy (non-hydrogen) atoms. The molecule has 2 fully saturated rings. The number of likely N-dealkylation sites (tertiary alicyclic amines) is 1. The number of fused-ring (bicyclic) bond motifs is 2. The lowest BCUT2D eigenvalue weighted by Crippen LogP contribution is -2.43. The van der Waals surface area contributed by atoms with Crippen LogP contribution in [0, 0.1) is 18.8 Å². The van der Waals surface area contributed by atoms with Gasteiger partial charge in [0.1, 0.15) is 0 Å². The van der Waals surface area contributed by atoms with Crippen molar-refractivity contribution in [2.75, 3.05) is 37.6 Å². The Morgan fingerprint density at radius 1 is 1.38 bits per heavy atom. The Balaban J connectivity index is 0.000000613. The number of anilines is 1. The van der Waals surface area contributed by atoms with E-state index in [0.717, 1.165) is 44.7 Å². The predicted octanol–water partition coefficient (Wildman–Crippen LogP) is 0.653. The van der Waals surface area contributed by atoms with Crippen LogP contribution in [0.15, 0.2) is 18.2 Å². The molecule has 0 aromatic heterocycles. The Bertz CT molecular complexity index is 706. The molecule has 2 atom stereocenters. The lowest BCUT2D eigenvalue weighted by atomic mass is 9.99. The van der Waals surface area contributed by atoms with E-state index < -0.39 is 0 Å². The van der Waals surface area contributed by atoms with Gasteiger partial charge in [0.15, 0.2) is 0 Å². The molecule has 0 spiro atoms. The maximum Gasteiger partial charge on any atom is 0.290 e. The lowest BCUT2D eigenvalue weighted by Gasteiger charge is -2.31. The number of rotatable bonds is 2. The Kier molecular flexibility index (Phi) is 5.56. The summed E-state index contributed by atoms with van der Waals surface area (Å²) in [4.78, 5) is 37.0. The largest absolute Gasteiger partial charge is 0.483 e. The summed E-state index contributed by atoms with van der Waals surface area (Å²) in [5, 5.41) is 9.81. The van der Waals surface area contributed by atoms with E-state index >= 15 is 0 Å². The minimum atomic E-state index is -0.250. The van der Waals surface area contributed by atoms with Crippen LogP contribution in [0.25, 0.3) is 0 Å². The molecule has 0 saturated carbocycles. The Hall–Kier alpha value is -2.41. The number of nitrogens with zero attached hydrogens (tertiary/aromatic N) is 2. The summed E-state index contributed by atoms with van der Waals surface area (Å²) in [6.45, 7) is 5.40. The molecule has 0 radical (unpaired) electrons. The van der Waals surface area contributed by atoms with Crippen molar-refractivity contribution in [3.8, 4) is 0 Å². The molecule has 140 valence electrons. The molecule has 3 heterocycles. The van der Waals surface area contributed by atoms with Crippen LogP contribution in [0.5, 0.6) is 0 Å². The van der Waals surface area contributed by atoms with Gasteiger partial charge in [-0.1, -0.05) is 17.7 Å². The predicted molar refractivity (Wildman–Crippen MR) is 97.0 cm³/mol. The molecule has 0 bridgehead atoms. The zero-order valence-electron chi connectivity index (χ0n) is 15.0. The first kappa shape index (κ1) is 18.4. The molecule has 2 saturated heterocycles. The molecule has 1 aromatic carbocycles. The third-order valence-electron chi connectivity index (χ3n) is 5.41. The van der Waals surface area contributed by atoms with Crippen LogP contribution >= 0.6 is 0 Å². The van der Waals surface area contributed by atoms with Crippen molar-refractivity contribution in [1.82, 2.24) is 10.2 Å². The third-order valence-corrected chi connectivity index (χ3v) is 5.41. The van der Waals surface area contributed by atoms with Crippen molar-refractivity contribution in [1.29, 1.82) is 0 Å². The van der Waals surface area contributed by atoms with Crippen molar-refractivity contribution in [3.05, 3.63) is 29.3 Å². The van der Waals surface area contributed by atoms with Crippen molar-refractivity contribution >= 4 is 24.0 Å². The van der Waals surface area contributed by atoms with E-state index in [-0.39, 0.29) is 24.2 Å². The van der Waals surface area contributed by atoms with E-state index in [1.54, 1.807) is 0 Å². The van der Waals surface area contributed by atoms with E-state index in [0.29, 0.717) is 12.5 Å². The quantitative estimate of drug-likeness (QED) is 0.757. The van der Waals surface area contributed by atoms with Gasteiger partial charge < -0.3 is 15.3 Å². The molecular weight excluding hydrogens is 334 g/mol. The van der Waals surface area contributed by atoms with Crippen LogP contribution in [-0.4, -0.2) is 61.0 Å². The molecule has 2 amide bonds. The highest BCUT2D eigenvalue weighted by Gasteiger charge is 2.42. The van der Waals surface area contributed by atoms with E-state index in [1.807, 2.05) is 4.90 Å². The number of carboxylic acid groups (broad SMARTS) is 1. The molecule has 1 aromatic rings. The van der Waals surface area contributed by atoms with Crippen LogP contribution in [0.4, 0.5) is 5.69 Å². The number of hydrogen-bond acceptors (Lipinski definition) is 4. The summed E-state index contributed by atoms with van der Waals surface area (Å²) < 4.78 is 0. The highest BCUT2D eigenvalue weighted by atomic mass is 16.3. The number of carbonyl (C=O) groups excluding carboxylic acids is 2. The average molecular weight is 359 g/mol. The van der Waals surface area contributed by atoms with Gasteiger partial charge in [-0.25, -0.2) is 0 Å². The average Bonchev–Trinajstić information content (AvgIpc) is 3.16. The SMILES string of the molecule is Cc1ccc2c(c1)CCCN2C(=O)CN1C[C@@H]2CNC(=O)[C@@H]2C1.O=CO. The monoisotopic (exact) mass is 359 g/mol. The highest BCUT2D eigenvalue weighted by molar-refractivity contribution is 5.96. The zero-order chi connectivity index (χ0) is 18.7. The number of benzene rings is 1. The minimum absolute atomic E-state index is 0.0825. The van der Waals surface area contributed by atoms with E-state index in [1.165, 1.54) is 11.1 Å². The highest BCUT2D eigenvalue weighted by Crippen LogP contribution is 2.30. The smallest absolute Gasteiger partial charge is 0.290 e. The maximum atomic E-state index is 12.8. The summed E-state index contributed by atoms with van der Waals surface area (Å²) in [5.41, 5.74) is 3.60. The van der Waals surface area contributed by atoms with Crippen molar-refractivity contribution in [3.63, 3.8) is 0 Å². The second-order valence-corrected chi connectivity index (χ2v) is 7.19. The van der Waals surface area contributed by atoms with Crippen LogP contribution < -0.4 is 10.2 Å². The van der Waals surface area contributed by atoms with Gasteiger partial charge in [0.2, 0.25) is 11.8 Å². The second-order valence-electron chi connectivity index (χ2n) is 7.19. The number of carbonyl (C=O) groups is 3. The van der Waals surface area contributed by atoms with E-state index in [2.05, 4.69) is 35.3 Å². The first-order chi connectivity index (χ1) is 12.5. The first-order valence-electron chi connectivity index (χ1n) is 9.01. The standard InChI is InChI=1S/C18H23N3O2.CH2O2/c1-12-4-5-16-13(7-12)3-2-6-21(16)17(22)11-20-9-14-8-19-18(23)15(14)10-20;2-1-3/h4-5,7,14-15H,2-3,6,8-11H2,1H3,(H,19,23);1H,(H,2,3)/t14-,15+;/m0./s1. The second kappa shape index (κ2) is 7.86. The van der Waals surface area contributed by atoms with Crippen LogP contribution in [0.2, 0.25) is 0 Å². The van der Waals surface area contributed by atoms with Gasteiger partial charge in [0.25, 0.3) is 6.47 Å². The summed E-state index contributed by atoms with van der Waals surface area (Å²) >= 11 is 0. The van der Waals surface area contributed by atoms with Crippen molar-refractivity contribution in [2.45, 2.75) is 19.8 Å². The molecule has 3 aliphatic heterocycles. The molecule has 2 N–H and O–H groups in total. The number of nitrogens with one attached hydrogen (secondary N) is 1. The molecule has 0 unspecified atom stereocenters. The van der Waals surface area contributed by atoms with Crippen molar-refractivity contribution in [2.24, 2.45) is 11.8 Å². The fourth-order valence-electron chi connectivity index (χ4n) is 4.22. The topological polar surface area (TPSA) is 90.0 Å². The van der Waals surface area contributed by atoms with Gasteiger partial charge in [-0.3, -0.25) is 19.3 Å². The van der Waals surface area contributed by atoms with E-state index in [4.69, 9.17) is 9.90 Å². The zero-order valence-corrected chi connectivity index (χ0v) is 15.0. The van der Waals surface area contributed by atoms with Crippen LogP contribution in [0.3, 0.4) is 0 Å². The molecule has 3 aliphatic rings. The lowest BCUT2D eigenvalue weighted by molar-refractivity contribution is -0.123. The number of hydrogen-bond donors (Lipinski definition) is 2. The van der Waals surface area contributed by atoms with Gasteiger partial charge in [-0.05, 0) is 31.4 Å². The molecule has 0 aliphatic carbocycles. The van der Waals surface area contributed by atoms with Gasteiger partial charge in [-0.2, -0.15) is 0 Å². The fraction of sp³-hybridized carbons (Fsp3) is 0.526. The summed E-state index contributed by atoms with van der Waals surface area (Å²) in [7, 11) is 0. The molecule has 7 nitrogen and oxygen atoms in total. The number of amides is 2. The third kappa shape index (κ3) is 3.72. The molecule has 4 rings (SSSR count). The van der Waals surface area contributed by atoms with E-state index in [9.17, 15) is 9.59 Å². The van der Waals surface area contributed by atoms with Crippen molar-refractivity contribution < 1.29 is 19.5 Å². The van der Waals surface area contributed by atoms with Gasteiger partial charge in [0, 0.05) is 37.8 Å². The summed E-state index contributed by atoms with van der Waals surface area (Å²) in [6, 6.07) is 6.35. The minimum Gasteiger partial charge on any atom is -0.483 e. The maximum absolute atomic E-state index is 12.8. The summed E-state index contributed by atoms with van der Waals surface area (Å²) in [6.07, 6.45) is 2.07. The Morgan fingerprint density at radius 2 is 2.15 bits per heavy atom. The normalized spacial score (nSPS) is 24.2. The van der Waals surface area contributed by atoms with Crippen LogP contribution in [0.1, 0.15) is 17.5 Å². The number of aryl methyl sites for hydroxylation is 2. The Morgan fingerprint density at radius 3 is 2.88 bits per heavy atom. The molecular formula is C19H25N3O4. The summed E-state index contributed by atoms with van der Waals surface area (Å²) in [5.74, 6) is 0.782. The Labute approximate surface area is 153 Å². The molecule has 7 heteroatoms. The first-order valence-corrected chi connectivity index (χ1v) is 9.01. The fourth-order valence-corrected chi connectivity index (χ4v) is 4.22.